The van der Waals surface area contributed by atoms with Crippen molar-refractivity contribution in [1.29, 1.82) is 0 Å². The first-order valence-corrected chi connectivity index (χ1v) is 5.69. The van der Waals surface area contributed by atoms with Gasteiger partial charge in [-0.15, -0.1) is 0 Å². The molecule has 0 saturated carbocycles. The highest BCUT2D eigenvalue weighted by Gasteiger charge is 2.32. The number of carboxylic acids is 1. The number of amides is 1. The van der Waals surface area contributed by atoms with Crippen molar-refractivity contribution in [2.45, 2.75) is 25.9 Å². The Kier molecular flexibility index (Phi) is 4.26. The van der Waals surface area contributed by atoms with Gasteiger partial charge in [0.1, 0.15) is 11.4 Å². The fourth-order valence-corrected chi connectivity index (χ4v) is 1.45. The number of carbonyl (C=O) groups is 2. The molecular weight excluding hydrogens is 251 g/mol. The second-order valence-corrected chi connectivity index (χ2v) is 4.89. The predicted octanol–water partition coefficient (Wildman–Crippen LogP) is 1.22. The van der Waals surface area contributed by atoms with Crippen LogP contribution in [0.1, 0.15) is 29.8 Å². The Morgan fingerprint density at radius 2 is 2.00 bits per heavy atom. The van der Waals surface area contributed by atoms with Crippen LogP contribution in [-0.2, 0) is 11.3 Å². The van der Waals surface area contributed by atoms with Gasteiger partial charge >= 0.3 is 5.97 Å². The number of primary amides is 1. The first-order valence-electron chi connectivity index (χ1n) is 5.69. The van der Waals surface area contributed by atoms with Crippen molar-refractivity contribution in [3.8, 4) is 0 Å². The van der Waals surface area contributed by atoms with E-state index in [0.29, 0.717) is 5.56 Å². The maximum atomic E-state index is 13.8. The van der Waals surface area contributed by atoms with E-state index in [9.17, 15) is 14.0 Å². The van der Waals surface area contributed by atoms with Crippen LogP contribution < -0.4 is 5.73 Å². The van der Waals surface area contributed by atoms with Crippen LogP contribution in [0.4, 0.5) is 4.39 Å². The van der Waals surface area contributed by atoms with Crippen LogP contribution in [-0.4, -0.2) is 34.5 Å². The van der Waals surface area contributed by atoms with E-state index in [-0.39, 0.29) is 12.1 Å². The number of hydrogen-bond donors (Lipinski definition) is 2. The Morgan fingerprint density at radius 1 is 1.42 bits per heavy atom. The van der Waals surface area contributed by atoms with E-state index >= 15 is 0 Å². The van der Waals surface area contributed by atoms with Crippen molar-refractivity contribution in [1.82, 2.24) is 4.90 Å². The lowest BCUT2D eigenvalue weighted by molar-refractivity contribution is -0.148. The zero-order valence-corrected chi connectivity index (χ0v) is 11.1. The van der Waals surface area contributed by atoms with E-state index in [0.717, 1.165) is 6.07 Å². The minimum Gasteiger partial charge on any atom is -0.480 e. The van der Waals surface area contributed by atoms with E-state index in [1.807, 2.05) is 0 Å². The quantitative estimate of drug-likeness (QED) is 0.841. The zero-order chi connectivity index (χ0) is 14.8. The second-order valence-electron chi connectivity index (χ2n) is 4.89. The number of hydrogen-bond acceptors (Lipinski definition) is 3. The largest absolute Gasteiger partial charge is 0.480 e. The van der Waals surface area contributed by atoms with Gasteiger partial charge < -0.3 is 10.8 Å². The second kappa shape index (κ2) is 5.36. The Labute approximate surface area is 110 Å². The van der Waals surface area contributed by atoms with Gasteiger partial charge in [0.2, 0.25) is 5.91 Å². The number of aliphatic carboxylic acids is 1. The van der Waals surface area contributed by atoms with Crippen molar-refractivity contribution < 1.29 is 19.1 Å². The molecule has 0 aliphatic rings. The molecular formula is C13H17FN2O3. The molecule has 0 saturated heterocycles. The summed E-state index contributed by atoms with van der Waals surface area (Å²) in [5.41, 5.74) is 4.32. The number of benzene rings is 1. The minimum atomic E-state index is -1.12. The molecule has 0 aliphatic carbocycles. The summed E-state index contributed by atoms with van der Waals surface area (Å²) in [4.78, 5) is 23.5. The fourth-order valence-electron chi connectivity index (χ4n) is 1.45. The Balaban J connectivity index is 2.95. The molecule has 19 heavy (non-hydrogen) atoms. The van der Waals surface area contributed by atoms with Gasteiger partial charge in [-0.05, 0) is 33.0 Å². The van der Waals surface area contributed by atoms with Crippen LogP contribution in [0.3, 0.4) is 0 Å². The lowest BCUT2D eigenvalue weighted by Crippen LogP contribution is -2.47. The van der Waals surface area contributed by atoms with E-state index in [1.54, 1.807) is 7.05 Å². The standard InChI is InChI=1S/C13H17FN2O3/c1-13(2,12(18)19)16(3)7-9-5-4-8(11(15)17)6-10(9)14/h4-6H,7H2,1-3H3,(H2,15,17)(H,18,19). The Hall–Kier alpha value is -1.95. The maximum Gasteiger partial charge on any atom is 0.323 e. The van der Waals surface area contributed by atoms with Crippen LogP contribution in [0.25, 0.3) is 0 Å². The van der Waals surface area contributed by atoms with Crippen LogP contribution in [0.5, 0.6) is 0 Å². The van der Waals surface area contributed by atoms with Gasteiger partial charge in [-0.25, -0.2) is 4.39 Å². The molecule has 1 rings (SSSR count). The molecule has 0 heterocycles. The SMILES string of the molecule is CN(Cc1ccc(C(N)=O)cc1F)C(C)(C)C(=O)O. The molecule has 0 spiro atoms. The summed E-state index contributed by atoms with van der Waals surface area (Å²) in [6.45, 7) is 3.18. The third-order valence-electron chi connectivity index (χ3n) is 3.22. The molecule has 0 bridgehead atoms. The number of carbonyl (C=O) groups excluding carboxylic acids is 1. The molecule has 3 N–H and O–H groups in total. The van der Waals surface area contributed by atoms with Crippen molar-refractivity contribution >= 4 is 11.9 Å². The van der Waals surface area contributed by atoms with E-state index < -0.39 is 23.2 Å². The number of rotatable bonds is 5. The molecule has 1 aromatic carbocycles. The number of nitrogens with zero attached hydrogens (tertiary/aromatic N) is 1. The van der Waals surface area contributed by atoms with E-state index in [1.165, 1.54) is 30.9 Å². The summed E-state index contributed by atoms with van der Waals surface area (Å²) in [5.74, 6) is -2.28. The first-order chi connectivity index (χ1) is 8.66. The summed E-state index contributed by atoms with van der Waals surface area (Å²) in [5, 5.41) is 9.08. The van der Waals surface area contributed by atoms with E-state index in [4.69, 9.17) is 10.8 Å². The number of nitrogens with two attached hydrogens (primary N) is 1. The van der Waals surface area contributed by atoms with Crippen LogP contribution in [0.2, 0.25) is 0 Å². The molecule has 0 fully saturated rings. The molecule has 6 heteroatoms. The minimum absolute atomic E-state index is 0.0846. The van der Waals surface area contributed by atoms with Gasteiger partial charge in [0.15, 0.2) is 0 Å². The monoisotopic (exact) mass is 268 g/mol. The van der Waals surface area contributed by atoms with Gasteiger partial charge in [-0.3, -0.25) is 14.5 Å². The topological polar surface area (TPSA) is 83.6 Å². The number of likely N-dealkylation sites (N-methyl/N-ethyl adjacent to an activating group) is 1. The Bertz CT molecular complexity index is 515. The summed E-state index contributed by atoms with van der Waals surface area (Å²) in [6.07, 6.45) is 0. The first kappa shape index (κ1) is 15.1. The van der Waals surface area contributed by atoms with Gasteiger partial charge in [0, 0.05) is 17.7 Å². The van der Waals surface area contributed by atoms with Crippen LogP contribution >= 0.6 is 0 Å². The molecule has 0 atom stereocenters. The summed E-state index contributed by atoms with van der Waals surface area (Å²) >= 11 is 0. The van der Waals surface area contributed by atoms with Crippen LogP contribution in [0, 0.1) is 5.82 Å². The maximum absolute atomic E-state index is 13.8. The zero-order valence-electron chi connectivity index (χ0n) is 11.1. The average Bonchev–Trinajstić information content (AvgIpc) is 2.30. The third kappa shape index (κ3) is 3.29. The number of carboxylic acid groups (broad SMARTS) is 1. The third-order valence-corrected chi connectivity index (χ3v) is 3.22. The smallest absolute Gasteiger partial charge is 0.323 e. The highest BCUT2D eigenvalue weighted by atomic mass is 19.1. The van der Waals surface area contributed by atoms with Gasteiger partial charge in [-0.2, -0.15) is 0 Å². The van der Waals surface area contributed by atoms with Gasteiger partial charge in [0.05, 0.1) is 0 Å². The molecule has 0 aliphatic heterocycles. The van der Waals surface area contributed by atoms with E-state index in [2.05, 4.69) is 0 Å². The van der Waals surface area contributed by atoms with Crippen molar-refractivity contribution in [2.75, 3.05) is 7.05 Å². The molecule has 104 valence electrons. The van der Waals surface area contributed by atoms with Gasteiger partial charge in [0.25, 0.3) is 0 Å². The molecule has 1 aromatic rings. The van der Waals surface area contributed by atoms with Crippen LogP contribution in [0.15, 0.2) is 18.2 Å². The Morgan fingerprint density at radius 3 is 2.42 bits per heavy atom. The molecule has 1 amide bonds. The van der Waals surface area contributed by atoms with Crippen molar-refractivity contribution in [3.05, 3.63) is 35.1 Å². The van der Waals surface area contributed by atoms with Crippen molar-refractivity contribution in [3.63, 3.8) is 0 Å². The normalized spacial score (nSPS) is 11.6. The average molecular weight is 268 g/mol. The molecule has 0 radical (unpaired) electrons. The highest BCUT2D eigenvalue weighted by Crippen LogP contribution is 2.18. The molecule has 5 nitrogen and oxygen atoms in total. The summed E-state index contributed by atoms with van der Waals surface area (Å²) < 4.78 is 13.8. The lowest BCUT2D eigenvalue weighted by Gasteiger charge is -2.31. The van der Waals surface area contributed by atoms with Crippen molar-refractivity contribution in [2.24, 2.45) is 5.73 Å². The molecule has 0 aromatic heterocycles. The fraction of sp³-hybridized carbons (Fsp3) is 0.385. The summed E-state index contributed by atoms with van der Waals surface area (Å²) in [6, 6.07) is 3.91. The number of halogens is 1. The summed E-state index contributed by atoms with van der Waals surface area (Å²) in [7, 11) is 1.59. The highest BCUT2D eigenvalue weighted by molar-refractivity contribution is 5.92. The predicted molar refractivity (Wildman–Crippen MR) is 68.1 cm³/mol. The van der Waals surface area contributed by atoms with Gasteiger partial charge in [-0.1, -0.05) is 6.07 Å². The molecule has 0 unspecified atom stereocenters. The lowest BCUT2D eigenvalue weighted by atomic mass is 10.0.